The maximum absolute atomic E-state index is 11.6. The zero-order valence-electron chi connectivity index (χ0n) is 12.2. The number of carboxylic acid groups (broad SMARTS) is 1. The van der Waals surface area contributed by atoms with Gasteiger partial charge in [-0.3, -0.25) is 4.40 Å². The molecule has 0 bridgehead atoms. The highest BCUT2D eigenvalue weighted by molar-refractivity contribution is 5.93. The molecule has 0 spiro atoms. The summed E-state index contributed by atoms with van der Waals surface area (Å²) >= 11 is 0. The van der Waals surface area contributed by atoms with E-state index in [1.807, 2.05) is 30.0 Å². The fourth-order valence-corrected chi connectivity index (χ4v) is 2.27. The first-order valence-corrected chi connectivity index (χ1v) is 7.03. The molecule has 2 aromatic heterocycles. The number of anilines is 1. The summed E-state index contributed by atoms with van der Waals surface area (Å²) in [5, 5.41) is 9.50. The summed E-state index contributed by atoms with van der Waals surface area (Å²) in [6.45, 7) is 7.89. The van der Waals surface area contributed by atoms with Crippen molar-refractivity contribution >= 4 is 17.4 Å². The quantitative estimate of drug-likeness (QED) is 0.880. The lowest BCUT2D eigenvalue weighted by atomic mass is 10.1. The molecule has 0 aliphatic carbocycles. The predicted octanol–water partition coefficient (Wildman–Crippen LogP) is 2.90. The Bertz CT molecular complexity index is 606. The van der Waals surface area contributed by atoms with Crippen molar-refractivity contribution in [3.63, 3.8) is 0 Å². The van der Waals surface area contributed by atoms with E-state index in [2.05, 4.69) is 18.8 Å². The number of carboxylic acids is 1. The van der Waals surface area contributed by atoms with Crippen LogP contribution in [0.4, 0.5) is 5.82 Å². The van der Waals surface area contributed by atoms with E-state index in [-0.39, 0.29) is 5.69 Å². The molecule has 0 amide bonds. The molecule has 108 valence electrons. The Kier molecular flexibility index (Phi) is 4.27. The molecule has 2 heterocycles. The molecule has 0 saturated heterocycles. The molecule has 0 aliphatic heterocycles. The fourth-order valence-electron chi connectivity index (χ4n) is 2.27. The Morgan fingerprint density at radius 1 is 1.45 bits per heavy atom. The first-order chi connectivity index (χ1) is 9.58. The van der Waals surface area contributed by atoms with E-state index in [1.54, 1.807) is 10.6 Å². The maximum Gasteiger partial charge on any atom is 0.356 e. The molecular weight excluding hydrogens is 254 g/mol. The molecule has 0 radical (unpaired) electrons. The van der Waals surface area contributed by atoms with Gasteiger partial charge in [0.1, 0.15) is 5.65 Å². The van der Waals surface area contributed by atoms with E-state index in [1.165, 1.54) is 0 Å². The summed E-state index contributed by atoms with van der Waals surface area (Å²) in [7, 11) is 0. The highest BCUT2D eigenvalue weighted by atomic mass is 16.4. The molecule has 20 heavy (non-hydrogen) atoms. The summed E-state index contributed by atoms with van der Waals surface area (Å²) in [4.78, 5) is 18.1. The Balaban J connectivity index is 2.51. The van der Waals surface area contributed by atoms with Crippen LogP contribution in [0, 0.1) is 5.92 Å². The van der Waals surface area contributed by atoms with Crippen LogP contribution < -0.4 is 4.90 Å². The van der Waals surface area contributed by atoms with Crippen molar-refractivity contribution in [2.24, 2.45) is 5.92 Å². The highest BCUT2D eigenvalue weighted by Gasteiger charge is 2.23. The summed E-state index contributed by atoms with van der Waals surface area (Å²) in [6.07, 6.45) is 2.80. The monoisotopic (exact) mass is 275 g/mol. The van der Waals surface area contributed by atoms with Gasteiger partial charge in [0.2, 0.25) is 0 Å². The second-order valence-electron chi connectivity index (χ2n) is 5.07. The van der Waals surface area contributed by atoms with Crippen LogP contribution in [0.15, 0.2) is 24.4 Å². The molecule has 0 aliphatic rings. The summed E-state index contributed by atoms with van der Waals surface area (Å²) in [5.41, 5.74) is 0.910. The van der Waals surface area contributed by atoms with E-state index in [9.17, 15) is 9.90 Å². The number of aromatic carboxylic acids is 1. The van der Waals surface area contributed by atoms with Crippen molar-refractivity contribution < 1.29 is 9.90 Å². The lowest BCUT2D eigenvalue weighted by Gasteiger charge is -2.24. The van der Waals surface area contributed by atoms with E-state index in [0.717, 1.165) is 19.5 Å². The largest absolute Gasteiger partial charge is 0.476 e. The van der Waals surface area contributed by atoms with Crippen molar-refractivity contribution in [1.82, 2.24) is 9.38 Å². The number of imidazole rings is 1. The second kappa shape index (κ2) is 5.94. The van der Waals surface area contributed by atoms with Crippen LogP contribution in [-0.4, -0.2) is 33.6 Å². The van der Waals surface area contributed by atoms with Crippen LogP contribution in [-0.2, 0) is 0 Å². The van der Waals surface area contributed by atoms with Gasteiger partial charge in [0.05, 0.1) is 0 Å². The van der Waals surface area contributed by atoms with Gasteiger partial charge >= 0.3 is 5.97 Å². The average Bonchev–Trinajstić information content (AvgIpc) is 2.83. The molecule has 1 N–H and O–H groups in total. The molecule has 5 heteroatoms. The van der Waals surface area contributed by atoms with Crippen molar-refractivity contribution in [1.29, 1.82) is 0 Å². The molecule has 0 aromatic carbocycles. The van der Waals surface area contributed by atoms with Gasteiger partial charge in [-0.1, -0.05) is 26.3 Å². The fraction of sp³-hybridized carbons (Fsp3) is 0.467. The lowest BCUT2D eigenvalue weighted by Crippen LogP contribution is -2.29. The molecular formula is C15H21N3O2. The van der Waals surface area contributed by atoms with E-state index in [4.69, 9.17) is 0 Å². The van der Waals surface area contributed by atoms with Crippen LogP contribution in [0.5, 0.6) is 0 Å². The zero-order chi connectivity index (χ0) is 14.7. The number of nitrogens with zero attached hydrogens (tertiary/aromatic N) is 3. The standard InChI is InChI=1S/C15H21N3O2/c1-4-11(3)10-17(5-2)14-13(15(19)20)18-9-7-6-8-12(18)16-14/h6-9,11H,4-5,10H2,1-3H3,(H,19,20). The third-order valence-corrected chi connectivity index (χ3v) is 3.62. The van der Waals surface area contributed by atoms with E-state index < -0.39 is 5.97 Å². The average molecular weight is 275 g/mol. The summed E-state index contributed by atoms with van der Waals surface area (Å²) < 4.78 is 1.64. The number of hydrogen-bond donors (Lipinski definition) is 1. The Morgan fingerprint density at radius 3 is 2.80 bits per heavy atom. The van der Waals surface area contributed by atoms with Gasteiger partial charge in [-0.25, -0.2) is 9.78 Å². The normalized spacial score (nSPS) is 12.6. The van der Waals surface area contributed by atoms with Gasteiger partial charge in [0.25, 0.3) is 0 Å². The number of fused-ring (bicyclic) bond motifs is 1. The minimum absolute atomic E-state index is 0.241. The third kappa shape index (κ3) is 2.61. The van der Waals surface area contributed by atoms with Crippen LogP contribution >= 0.6 is 0 Å². The van der Waals surface area contributed by atoms with Gasteiger partial charge in [-0.15, -0.1) is 0 Å². The molecule has 2 aromatic rings. The summed E-state index contributed by atoms with van der Waals surface area (Å²) in [6, 6.07) is 5.51. The number of hydrogen-bond acceptors (Lipinski definition) is 3. The summed E-state index contributed by atoms with van der Waals surface area (Å²) in [5.74, 6) is 0.120. The van der Waals surface area contributed by atoms with Crippen LogP contribution in [0.2, 0.25) is 0 Å². The number of carbonyl (C=O) groups is 1. The SMILES string of the molecule is CCC(C)CN(CC)c1nc2ccccn2c1C(=O)O. The smallest absolute Gasteiger partial charge is 0.356 e. The van der Waals surface area contributed by atoms with Crippen molar-refractivity contribution in [3.05, 3.63) is 30.1 Å². The van der Waals surface area contributed by atoms with Gasteiger partial charge < -0.3 is 10.0 Å². The van der Waals surface area contributed by atoms with Gasteiger partial charge in [0.15, 0.2) is 11.5 Å². The van der Waals surface area contributed by atoms with Crippen molar-refractivity contribution in [3.8, 4) is 0 Å². The Morgan fingerprint density at radius 2 is 2.20 bits per heavy atom. The number of pyridine rings is 1. The maximum atomic E-state index is 11.6. The minimum atomic E-state index is -0.943. The van der Waals surface area contributed by atoms with Gasteiger partial charge in [-0.05, 0) is 25.0 Å². The molecule has 0 fully saturated rings. The predicted molar refractivity (Wildman–Crippen MR) is 79.5 cm³/mol. The topological polar surface area (TPSA) is 57.8 Å². The number of aromatic nitrogens is 2. The van der Waals surface area contributed by atoms with Crippen LogP contribution in [0.1, 0.15) is 37.7 Å². The molecule has 2 rings (SSSR count). The first kappa shape index (κ1) is 14.4. The molecule has 1 atom stereocenters. The van der Waals surface area contributed by atoms with Crippen molar-refractivity contribution in [2.45, 2.75) is 27.2 Å². The minimum Gasteiger partial charge on any atom is -0.476 e. The van der Waals surface area contributed by atoms with Gasteiger partial charge in [-0.2, -0.15) is 0 Å². The Labute approximate surface area is 118 Å². The number of rotatable bonds is 6. The molecule has 1 unspecified atom stereocenters. The van der Waals surface area contributed by atoms with Gasteiger partial charge in [0, 0.05) is 19.3 Å². The van der Waals surface area contributed by atoms with Crippen LogP contribution in [0.25, 0.3) is 5.65 Å². The van der Waals surface area contributed by atoms with E-state index >= 15 is 0 Å². The molecule has 5 nitrogen and oxygen atoms in total. The highest BCUT2D eigenvalue weighted by Crippen LogP contribution is 2.23. The van der Waals surface area contributed by atoms with Crippen LogP contribution in [0.3, 0.4) is 0 Å². The Hall–Kier alpha value is -2.04. The molecule has 0 saturated carbocycles. The first-order valence-electron chi connectivity index (χ1n) is 7.03. The lowest BCUT2D eigenvalue weighted by molar-refractivity contribution is 0.0690. The zero-order valence-corrected chi connectivity index (χ0v) is 12.2. The van der Waals surface area contributed by atoms with E-state index in [0.29, 0.717) is 17.4 Å². The second-order valence-corrected chi connectivity index (χ2v) is 5.07. The third-order valence-electron chi connectivity index (χ3n) is 3.62. The van der Waals surface area contributed by atoms with Crippen molar-refractivity contribution in [2.75, 3.05) is 18.0 Å².